The molecule has 0 spiro atoms. The number of amides is 1. The van der Waals surface area contributed by atoms with Crippen LogP contribution in [0.1, 0.15) is 28.8 Å². The van der Waals surface area contributed by atoms with E-state index in [-0.39, 0.29) is 16.4 Å². The number of likely N-dealkylation sites (tertiary alicyclic amines) is 1. The van der Waals surface area contributed by atoms with Crippen LogP contribution in [0.5, 0.6) is 0 Å². The quantitative estimate of drug-likeness (QED) is 0.908. The molecule has 1 amide bonds. The lowest BCUT2D eigenvalue weighted by atomic mass is 10.2. The topological polar surface area (TPSA) is 66.5 Å². The Balaban J connectivity index is 1.83. The van der Waals surface area contributed by atoms with Crippen molar-refractivity contribution in [2.45, 2.75) is 24.7 Å². The molecule has 1 N–H and O–H groups in total. The molecular weight excluding hydrogens is 343 g/mol. The van der Waals surface area contributed by atoms with Gasteiger partial charge in [-0.3, -0.25) is 9.52 Å². The van der Waals surface area contributed by atoms with Gasteiger partial charge >= 0.3 is 0 Å². The lowest BCUT2D eigenvalue weighted by Crippen LogP contribution is -2.27. The van der Waals surface area contributed by atoms with E-state index in [0.717, 1.165) is 32.0 Å². The second-order valence-electron chi connectivity index (χ2n) is 6.10. The summed E-state index contributed by atoms with van der Waals surface area (Å²) in [5.74, 6) is -0.562. The maximum absolute atomic E-state index is 13.3. The first-order valence-corrected chi connectivity index (χ1v) is 9.53. The maximum atomic E-state index is 13.3. The van der Waals surface area contributed by atoms with Gasteiger partial charge in [0.1, 0.15) is 5.82 Å². The van der Waals surface area contributed by atoms with Gasteiger partial charge in [-0.1, -0.05) is 6.07 Å². The number of aryl methyl sites for hydroxylation is 1. The normalized spacial score (nSPS) is 14.6. The molecule has 0 unspecified atom stereocenters. The van der Waals surface area contributed by atoms with Gasteiger partial charge in [0.25, 0.3) is 15.9 Å². The van der Waals surface area contributed by atoms with Gasteiger partial charge in [0.05, 0.1) is 4.90 Å². The SMILES string of the molecule is Cc1cc(S(=O)(=O)Nc2cccc(C(=O)N3CCCC3)c2)ccc1F. The molecule has 2 aromatic rings. The van der Waals surface area contributed by atoms with Crippen molar-refractivity contribution in [1.29, 1.82) is 0 Å². The summed E-state index contributed by atoms with van der Waals surface area (Å²) in [6, 6.07) is 10.0. The molecule has 1 fully saturated rings. The maximum Gasteiger partial charge on any atom is 0.261 e. The number of anilines is 1. The molecule has 1 aliphatic heterocycles. The van der Waals surface area contributed by atoms with Crippen LogP contribution in [0, 0.1) is 12.7 Å². The van der Waals surface area contributed by atoms with E-state index >= 15 is 0 Å². The van der Waals surface area contributed by atoms with Crippen LogP contribution in [0.25, 0.3) is 0 Å². The molecule has 2 aromatic carbocycles. The van der Waals surface area contributed by atoms with Crippen LogP contribution in [0.2, 0.25) is 0 Å². The Morgan fingerprint density at radius 3 is 2.52 bits per heavy atom. The van der Waals surface area contributed by atoms with Crippen LogP contribution in [0.15, 0.2) is 47.4 Å². The first-order chi connectivity index (χ1) is 11.9. The average Bonchev–Trinajstić information content (AvgIpc) is 3.11. The van der Waals surface area contributed by atoms with Gasteiger partial charge in [-0.05, 0) is 61.7 Å². The number of rotatable bonds is 4. The molecule has 0 bridgehead atoms. The summed E-state index contributed by atoms with van der Waals surface area (Å²) < 4.78 is 40.7. The molecule has 0 atom stereocenters. The molecule has 1 heterocycles. The summed E-state index contributed by atoms with van der Waals surface area (Å²) in [6.45, 7) is 2.96. The number of halogens is 1. The highest BCUT2D eigenvalue weighted by Gasteiger charge is 2.21. The Morgan fingerprint density at radius 1 is 1.12 bits per heavy atom. The Morgan fingerprint density at radius 2 is 1.84 bits per heavy atom. The van der Waals surface area contributed by atoms with Gasteiger partial charge in [0, 0.05) is 24.3 Å². The van der Waals surface area contributed by atoms with Crippen LogP contribution in [0.3, 0.4) is 0 Å². The Bertz CT molecular complexity index is 906. The minimum atomic E-state index is -3.86. The van der Waals surface area contributed by atoms with E-state index in [9.17, 15) is 17.6 Å². The van der Waals surface area contributed by atoms with E-state index in [0.29, 0.717) is 11.3 Å². The van der Waals surface area contributed by atoms with Crippen LogP contribution >= 0.6 is 0 Å². The van der Waals surface area contributed by atoms with E-state index in [1.807, 2.05) is 0 Å². The molecule has 1 saturated heterocycles. The molecule has 1 aliphatic rings. The summed E-state index contributed by atoms with van der Waals surface area (Å²) in [4.78, 5) is 14.2. The minimum Gasteiger partial charge on any atom is -0.339 e. The third kappa shape index (κ3) is 3.82. The third-order valence-corrected chi connectivity index (χ3v) is 5.57. The highest BCUT2D eigenvalue weighted by Crippen LogP contribution is 2.21. The molecule has 0 aliphatic carbocycles. The van der Waals surface area contributed by atoms with Gasteiger partial charge in [-0.25, -0.2) is 12.8 Å². The fraction of sp³-hybridized carbons (Fsp3) is 0.278. The van der Waals surface area contributed by atoms with Crippen molar-refractivity contribution in [3.63, 3.8) is 0 Å². The van der Waals surface area contributed by atoms with Crippen LogP contribution in [-0.4, -0.2) is 32.3 Å². The van der Waals surface area contributed by atoms with Gasteiger partial charge < -0.3 is 4.90 Å². The number of hydrogen-bond donors (Lipinski definition) is 1. The molecule has 132 valence electrons. The van der Waals surface area contributed by atoms with E-state index in [1.54, 1.807) is 23.1 Å². The van der Waals surface area contributed by atoms with Crippen molar-refractivity contribution >= 4 is 21.6 Å². The second-order valence-corrected chi connectivity index (χ2v) is 7.78. The van der Waals surface area contributed by atoms with Crippen LogP contribution in [-0.2, 0) is 10.0 Å². The number of nitrogens with one attached hydrogen (secondary N) is 1. The van der Waals surface area contributed by atoms with Crippen LogP contribution in [0.4, 0.5) is 10.1 Å². The standard InChI is InChI=1S/C18H19FN2O3S/c1-13-11-16(7-8-17(13)19)25(23,24)20-15-6-4-5-14(12-15)18(22)21-9-2-3-10-21/h4-8,11-12,20H,2-3,9-10H2,1H3. The third-order valence-electron chi connectivity index (χ3n) is 4.19. The summed E-state index contributed by atoms with van der Waals surface area (Å²) >= 11 is 0. The molecule has 5 nitrogen and oxygen atoms in total. The van der Waals surface area contributed by atoms with Gasteiger partial charge in [-0.2, -0.15) is 0 Å². The lowest BCUT2D eigenvalue weighted by Gasteiger charge is -2.16. The summed E-state index contributed by atoms with van der Waals surface area (Å²) in [6.07, 6.45) is 1.98. The predicted molar refractivity (Wildman–Crippen MR) is 93.5 cm³/mol. The molecular formula is C18H19FN2O3S. The summed E-state index contributed by atoms with van der Waals surface area (Å²) in [7, 11) is -3.86. The second kappa shape index (κ2) is 6.84. The van der Waals surface area contributed by atoms with E-state index in [2.05, 4.69) is 4.72 Å². The molecule has 25 heavy (non-hydrogen) atoms. The number of sulfonamides is 1. The highest BCUT2D eigenvalue weighted by molar-refractivity contribution is 7.92. The fourth-order valence-electron chi connectivity index (χ4n) is 2.82. The van der Waals surface area contributed by atoms with Crippen molar-refractivity contribution in [1.82, 2.24) is 4.90 Å². The van der Waals surface area contributed by atoms with E-state index in [4.69, 9.17) is 0 Å². The largest absolute Gasteiger partial charge is 0.339 e. The number of benzene rings is 2. The lowest BCUT2D eigenvalue weighted by molar-refractivity contribution is 0.0793. The zero-order chi connectivity index (χ0) is 18.0. The minimum absolute atomic E-state index is 0.0253. The molecule has 0 aromatic heterocycles. The van der Waals surface area contributed by atoms with Crippen molar-refractivity contribution in [2.75, 3.05) is 17.8 Å². The number of carbonyl (C=O) groups excluding carboxylic acids is 1. The molecule has 0 radical (unpaired) electrons. The smallest absolute Gasteiger partial charge is 0.261 e. The predicted octanol–water partition coefficient (Wildman–Crippen LogP) is 3.17. The first-order valence-electron chi connectivity index (χ1n) is 8.05. The van der Waals surface area contributed by atoms with Gasteiger partial charge in [-0.15, -0.1) is 0 Å². The number of carbonyl (C=O) groups is 1. The average molecular weight is 362 g/mol. The zero-order valence-electron chi connectivity index (χ0n) is 13.8. The summed E-state index contributed by atoms with van der Waals surface area (Å²) in [5, 5.41) is 0. The highest BCUT2D eigenvalue weighted by atomic mass is 32.2. The molecule has 3 rings (SSSR count). The Hall–Kier alpha value is -2.41. The van der Waals surface area contributed by atoms with Gasteiger partial charge in [0.2, 0.25) is 0 Å². The van der Waals surface area contributed by atoms with Crippen molar-refractivity contribution in [3.8, 4) is 0 Å². The number of nitrogens with zero attached hydrogens (tertiary/aromatic N) is 1. The molecule has 7 heteroatoms. The zero-order valence-corrected chi connectivity index (χ0v) is 14.6. The van der Waals surface area contributed by atoms with Gasteiger partial charge in [0.15, 0.2) is 0 Å². The molecule has 0 saturated carbocycles. The van der Waals surface area contributed by atoms with Crippen LogP contribution < -0.4 is 4.72 Å². The number of hydrogen-bond acceptors (Lipinski definition) is 3. The van der Waals surface area contributed by atoms with E-state index < -0.39 is 15.8 Å². The Labute approximate surface area is 146 Å². The van der Waals surface area contributed by atoms with Crippen molar-refractivity contribution < 1.29 is 17.6 Å². The Kier molecular flexibility index (Phi) is 4.76. The first kappa shape index (κ1) is 17.4. The van der Waals surface area contributed by atoms with Crippen molar-refractivity contribution in [2.24, 2.45) is 0 Å². The fourth-order valence-corrected chi connectivity index (χ4v) is 3.95. The monoisotopic (exact) mass is 362 g/mol. The van der Waals surface area contributed by atoms with Crippen molar-refractivity contribution in [3.05, 3.63) is 59.4 Å². The van der Waals surface area contributed by atoms with E-state index in [1.165, 1.54) is 25.1 Å². The summed E-state index contributed by atoms with van der Waals surface area (Å²) in [5.41, 5.74) is 0.991.